The third-order valence-electron chi connectivity index (χ3n) is 4.60. The molecule has 0 amide bonds. The summed E-state index contributed by atoms with van der Waals surface area (Å²) >= 11 is 5.85. The van der Waals surface area contributed by atoms with Crippen LogP contribution in [0, 0.1) is 29.1 Å². The van der Waals surface area contributed by atoms with E-state index in [1.807, 2.05) is 0 Å². The van der Waals surface area contributed by atoms with Crippen LogP contribution in [0.25, 0.3) is 22.1 Å². The van der Waals surface area contributed by atoms with Gasteiger partial charge in [0.15, 0.2) is 12.4 Å². The molecule has 5 nitrogen and oxygen atoms in total. The van der Waals surface area contributed by atoms with E-state index in [9.17, 15) is 31.5 Å². The maximum Gasteiger partial charge on any atom is 0.349 e. The van der Waals surface area contributed by atoms with Crippen LogP contribution in [0.5, 0.6) is 11.5 Å². The minimum Gasteiger partial charge on any atom is -0.476 e. The van der Waals surface area contributed by atoms with Crippen molar-refractivity contribution < 1.29 is 40.6 Å². The van der Waals surface area contributed by atoms with Gasteiger partial charge < -0.3 is 13.9 Å². The molecule has 34 heavy (non-hydrogen) atoms. The molecule has 1 heterocycles. The second-order valence-corrected chi connectivity index (χ2v) is 7.25. The molecule has 0 aliphatic carbocycles. The van der Waals surface area contributed by atoms with Crippen molar-refractivity contribution in [3.8, 4) is 22.6 Å². The van der Waals surface area contributed by atoms with Gasteiger partial charge in [-0.2, -0.15) is 8.78 Å². The van der Waals surface area contributed by atoms with Crippen LogP contribution in [0.1, 0.15) is 0 Å². The molecule has 11 heteroatoms. The molecule has 0 radical (unpaired) electrons. The summed E-state index contributed by atoms with van der Waals surface area (Å²) in [5, 5.41) is 0.978. The second kappa shape index (κ2) is 9.14. The van der Waals surface area contributed by atoms with Crippen molar-refractivity contribution >= 4 is 28.5 Å². The first kappa shape index (κ1) is 23.2. The molecule has 0 saturated heterocycles. The van der Waals surface area contributed by atoms with E-state index >= 15 is 0 Å². The van der Waals surface area contributed by atoms with E-state index in [1.165, 1.54) is 18.2 Å². The summed E-state index contributed by atoms with van der Waals surface area (Å²) in [5.41, 5.74) is 0.229. The molecular weight excluding hydrogens is 487 g/mol. The zero-order valence-corrected chi connectivity index (χ0v) is 17.4. The SMILES string of the molecule is O=C(COc1c(F)c(F)c(F)c(F)c1F)Oc1ccc2cc(-c3ccc(Cl)cc3)c(=O)oc2c1. The lowest BCUT2D eigenvalue weighted by molar-refractivity contribution is -0.136. The van der Waals surface area contributed by atoms with Crippen molar-refractivity contribution in [2.75, 3.05) is 6.61 Å². The average Bonchev–Trinajstić information content (AvgIpc) is 2.81. The summed E-state index contributed by atoms with van der Waals surface area (Å²) < 4.78 is 81.4. The van der Waals surface area contributed by atoms with Gasteiger partial charge in [0.1, 0.15) is 11.3 Å². The molecule has 0 aliphatic heterocycles. The van der Waals surface area contributed by atoms with Crippen LogP contribution < -0.4 is 15.1 Å². The van der Waals surface area contributed by atoms with Crippen LogP contribution in [-0.2, 0) is 4.79 Å². The second-order valence-electron chi connectivity index (χ2n) is 6.82. The highest BCUT2D eigenvalue weighted by atomic mass is 35.5. The van der Waals surface area contributed by atoms with Crippen molar-refractivity contribution in [1.29, 1.82) is 0 Å². The minimum absolute atomic E-state index is 0.0636. The van der Waals surface area contributed by atoms with E-state index in [-0.39, 0.29) is 16.9 Å². The number of ether oxygens (including phenoxy) is 2. The zero-order valence-electron chi connectivity index (χ0n) is 16.6. The van der Waals surface area contributed by atoms with Gasteiger partial charge in [0.2, 0.25) is 29.1 Å². The molecule has 0 bridgehead atoms. The summed E-state index contributed by atoms with van der Waals surface area (Å²) in [6, 6.07) is 12.1. The molecule has 0 fully saturated rings. The van der Waals surface area contributed by atoms with E-state index in [0.29, 0.717) is 16.0 Å². The molecule has 4 rings (SSSR count). The van der Waals surface area contributed by atoms with Crippen LogP contribution >= 0.6 is 11.6 Å². The van der Waals surface area contributed by atoms with Crippen LogP contribution in [0.3, 0.4) is 0 Å². The predicted octanol–water partition coefficient (Wildman–Crippen LogP) is 5.79. The zero-order chi connectivity index (χ0) is 24.6. The summed E-state index contributed by atoms with van der Waals surface area (Å²) in [6.07, 6.45) is 0. The van der Waals surface area contributed by atoms with Crippen molar-refractivity contribution in [3.05, 3.63) is 93.1 Å². The van der Waals surface area contributed by atoms with Crippen molar-refractivity contribution in [2.45, 2.75) is 0 Å². The number of fused-ring (bicyclic) bond motifs is 1. The number of carbonyl (C=O) groups excluding carboxylic acids is 1. The molecule has 0 unspecified atom stereocenters. The van der Waals surface area contributed by atoms with E-state index in [4.69, 9.17) is 20.8 Å². The van der Waals surface area contributed by atoms with Gasteiger partial charge in [0, 0.05) is 16.5 Å². The molecule has 0 aliphatic rings. The van der Waals surface area contributed by atoms with E-state index in [1.54, 1.807) is 30.3 Å². The summed E-state index contributed by atoms with van der Waals surface area (Å²) in [6.45, 7) is -1.17. The van der Waals surface area contributed by atoms with E-state index in [2.05, 4.69) is 4.74 Å². The van der Waals surface area contributed by atoms with Gasteiger partial charge in [-0.25, -0.2) is 22.8 Å². The number of hydrogen-bond donors (Lipinski definition) is 0. The molecule has 1 aromatic heterocycles. The number of rotatable bonds is 5. The highest BCUT2D eigenvalue weighted by Crippen LogP contribution is 2.29. The molecule has 0 atom stereocenters. The summed E-state index contributed by atoms with van der Waals surface area (Å²) in [4.78, 5) is 24.3. The number of halogens is 6. The number of esters is 1. The largest absolute Gasteiger partial charge is 0.476 e. The first-order valence-electron chi connectivity index (χ1n) is 9.34. The normalized spacial score (nSPS) is 11.0. The fourth-order valence-corrected chi connectivity index (χ4v) is 3.12. The number of carbonyl (C=O) groups is 1. The smallest absolute Gasteiger partial charge is 0.349 e. The molecule has 0 saturated carbocycles. The van der Waals surface area contributed by atoms with Gasteiger partial charge in [0.05, 0.1) is 5.56 Å². The minimum atomic E-state index is -2.36. The van der Waals surface area contributed by atoms with Gasteiger partial charge in [0.25, 0.3) is 0 Å². The topological polar surface area (TPSA) is 65.7 Å². The Bertz CT molecular complexity index is 1460. The van der Waals surface area contributed by atoms with Gasteiger partial charge in [-0.1, -0.05) is 23.7 Å². The third-order valence-corrected chi connectivity index (χ3v) is 4.85. The monoisotopic (exact) mass is 496 g/mol. The van der Waals surface area contributed by atoms with E-state index in [0.717, 1.165) is 0 Å². The number of hydrogen-bond acceptors (Lipinski definition) is 5. The Hall–Kier alpha value is -3.92. The van der Waals surface area contributed by atoms with Crippen molar-refractivity contribution in [3.63, 3.8) is 0 Å². The molecule has 0 N–H and O–H groups in total. The van der Waals surface area contributed by atoms with E-state index < -0.39 is 53.0 Å². The lowest BCUT2D eigenvalue weighted by Gasteiger charge is -2.10. The van der Waals surface area contributed by atoms with Crippen LogP contribution in [0.2, 0.25) is 5.02 Å². The van der Waals surface area contributed by atoms with Crippen LogP contribution in [-0.4, -0.2) is 12.6 Å². The molecule has 3 aromatic carbocycles. The summed E-state index contributed by atoms with van der Waals surface area (Å²) in [5.74, 6) is -14.2. The third kappa shape index (κ3) is 4.44. The predicted molar refractivity (Wildman–Crippen MR) is 110 cm³/mol. The maximum atomic E-state index is 13.6. The fraction of sp³-hybridized carbons (Fsp3) is 0.0435. The Morgan fingerprint density at radius 1 is 0.853 bits per heavy atom. The van der Waals surface area contributed by atoms with Crippen LogP contribution in [0.15, 0.2) is 57.7 Å². The Labute approximate surface area is 191 Å². The van der Waals surface area contributed by atoms with Gasteiger partial charge in [-0.15, -0.1) is 0 Å². The Balaban J connectivity index is 1.52. The van der Waals surface area contributed by atoms with Crippen LogP contribution in [0.4, 0.5) is 22.0 Å². The Kier molecular flexibility index (Phi) is 6.25. The Morgan fingerprint density at radius 2 is 1.47 bits per heavy atom. The fourth-order valence-electron chi connectivity index (χ4n) is 2.99. The van der Waals surface area contributed by atoms with Gasteiger partial charge >= 0.3 is 11.6 Å². The highest BCUT2D eigenvalue weighted by Gasteiger charge is 2.27. The highest BCUT2D eigenvalue weighted by molar-refractivity contribution is 6.30. The molecule has 174 valence electrons. The molecule has 0 spiro atoms. The quantitative estimate of drug-likeness (QED) is 0.0873. The van der Waals surface area contributed by atoms with Crippen molar-refractivity contribution in [2.24, 2.45) is 0 Å². The molecule has 4 aromatic rings. The van der Waals surface area contributed by atoms with Crippen molar-refractivity contribution in [1.82, 2.24) is 0 Å². The van der Waals surface area contributed by atoms with Gasteiger partial charge in [-0.3, -0.25) is 0 Å². The lowest BCUT2D eigenvalue weighted by atomic mass is 10.1. The maximum absolute atomic E-state index is 13.6. The first-order valence-corrected chi connectivity index (χ1v) is 9.72. The number of benzene rings is 3. The lowest BCUT2D eigenvalue weighted by Crippen LogP contribution is -2.19. The Morgan fingerprint density at radius 3 is 2.12 bits per heavy atom. The summed E-state index contributed by atoms with van der Waals surface area (Å²) in [7, 11) is 0. The average molecular weight is 497 g/mol. The first-order chi connectivity index (χ1) is 16.2. The standard InChI is InChI=1S/C23H10ClF5O5/c24-12-4-1-10(2-5-12)14-7-11-3-6-13(8-15(11)34-23(14)31)33-16(30)9-32-22-20(28)18(26)17(25)19(27)21(22)29/h1-8H,9H2. The van der Waals surface area contributed by atoms with Gasteiger partial charge in [-0.05, 0) is 35.9 Å². The molecular formula is C23H10ClF5O5.